The van der Waals surface area contributed by atoms with Crippen molar-refractivity contribution in [1.29, 1.82) is 0 Å². The zero-order valence-electron chi connectivity index (χ0n) is 56.2. The van der Waals surface area contributed by atoms with Crippen LogP contribution in [-0.4, -0.2) is 13.4 Å². The second-order valence-corrected chi connectivity index (χ2v) is 31.0. The van der Waals surface area contributed by atoms with Crippen LogP contribution in [-0.2, 0) is 21.7 Å². The molecule has 12 aromatic rings. The molecule has 5 aliphatic rings. The Labute approximate surface area is 557 Å². The second-order valence-electron chi connectivity index (χ2n) is 31.0. The number of rotatable bonds is 8. The molecular formula is C88H78B2N4. The highest BCUT2D eigenvalue weighted by Crippen LogP contribution is 2.51. The Morgan fingerprint density at radius 2 is 0.340 bits per heavy atom. The minimum absolute atomic E-state index is 0.0709. The van der Waals surface area contributed by atoms with E-state index < -0.39 is 0 Å². The molecule has 0 fully saturated rings. The summed E-state index contributed by atoms with van der Waals surface area (Å²) in [7, 11) is 0. The summed E-state index contributed by atoms with van der Waals surface area (Å²) in [4.78, 5) is 10.4. The van der Waals surface area contributed by atoms with Gasteiger partial charge in [0.2, 0.25) is 0 Å². The van der Waals surface area contributed by atoms with E-state index in [9.17, 15) is 0 Å². The normalized spacial score (nSPS) is 14.0. The second kappa shape index (κ2) is 20.7. The number of nitrogens with zero attached hydrogens (tertiary/aromatic N) is 4. The fourth-order valence-corrected chi connectivity index (χ4v) is 16.0. The lowest BCUT2D eigenvalue weighted by Gasteiger charge is -2.53. The highest BCUT2D eigenvalue weighted by molar-refractivity contribution is 7.16. The smallest absolute Gasteiger partial charge is 0.251 e. The summed E-state index contributed by atoms with van der Waals surface area (Å²) < 4.78 is 0. The van der Waals surface area contributed by atoms with Gasteiger partial charge in [-0.15, -0.1) is 0 Å². The Hall–Kier alpha value is -10.0. The molecule has 5 heterocycles. The maximum atomic E-state index is 2.60. The van der Waals surface area contributed by atoms with E-state index in [1.165, 1.54) is 145 Å². The molecule has 0 N–H and O–H groups in total. The molecule has 0 unspecified atom stereocenters. The van der Waals surface area contributed by atoms with Crippen molar-refractivity contribution in [2.24, 2.45) is 0 Å². The van der Waals surface area contributed by atoms with Crippen molar-refractivity contribution in [2.75, 3.05) is 19.6 Å². The largest absolute Gasteiger partial charge is 0.311 e. The minimum atomic E-state index is -0.0709. The van der Waals surface area contributed by atoms with Gasteiger partial charge in [-0.05, 0) is 218 Å². The van der Waals surface area contributed by atoms with Crippen LogP contribution in [0.1, 0.15) is 105 Å². The standard InChI is InChI=1S/C88H78B2N4/c1-85(2,3)63-35-19-55(20-36-63)59-27-43-67(44-28-59)91-71-15-13-16-72-79(71)89-81-75(91)51-52-76-82(81)90-80-73(93(76)69-47-31-61(32-48-69)57-23-39-65(40-24-57)87(7,8)9)17-14-18-74(80)94(70-49-33-62(34-50-70)58-25-41-66(42-26-58)88(10,11)12)78-54-53-77(83(89)84(78)90)92(72)68-45-29-60(30-46-68)56-21-37-64(38-22-56)86(4,5)6/h13-54H,1-12H3. The molecule has 456 valence electrons. The molecule has 0 spiro atoms. The van der Waals surface area contributed by atoms with Crippen molar-refractivity contribution in [3.63, 3.8) is 0 Å². The van der Waals surface area contributed by atoms with Crippen molar-refractivity contribution in [3.05, 3.63) is 277 Å². The maximum Gasteiger partial charge on any atom is 0.251 e. The van der Waals surface area contributed by atoms with Gasteiger partial charge >= 0.3 is 0 Å². The molecule has 0 aromatic heterocycles. The molecule has 12 aromatic carbocycles. The van der Waals surface area contributed by atoms with Gasteiger partial charge in [0, 0.05) is 68.2 Å². The molecule has 0 atom stereocenters. The van der Waals surface area contributed by atoms with Crippen LogP contribution in [0.15, 0.2) is 255 Å². The van der Waals surface area contributed by atoms with Gasteiger partial charge in [0.15, 0.2) is 0 Å². The first kappa shape index (κ1) is 57.8. The molecule has 17 rings (SSSR count). The summed E-state index contributed by atoms with van der Waals surface area (Å²) in [5.74, 6) is 0. The average molecular weight is 1210 g/mol. The van der Waals surface area contributed by atoms with Crippen molar-refractivity contribution in [3.8, 4) is 44.5 Å². The van der Waals surface area contributed by atoms with E-state index in [4.69, 9.17) is 0 Å². The highest BCUT2D eigenvalue weighted by atomic mass is 15.2. The van der Waals surface area contributed by atoms with Crippen LogP contribution in [0.4, 0.5) is 68.2 Å². The van der Waals surface area contributed by atoms with E-state index >= 15 is 0 Å². The minimum Gasteiger partial charge on any atom is -0.311 e. The Morgan fingerprint density at radius 3 is 0.511 bits per heavy atom. The Bertz CT molecular complexity index is 4370. The fraction of sp³-hybridized carbons (Fsp3) is 0.182. The van der Waals surface area contributed by atoms with Gasteiger partial charge in [-0.2, -0.15) is 0 Å². The van der Waals surface area contributed by atoms with Gasteiger partial charge in [0.25, 0.3) is 13.4 Å². The van der Waals surface area contributed by atoms with Crippen LogP contribution in [0, 0.1) is 0 Å². The van der Waals surface area contributed by atoms with E-state index in [0.29, 0.717) is 0 Å². The van der Waals surface area contributed by atoms with Crippen LogP contribution >= 0.6 is 0 Å². The first-order valence-electron chi connectivity index (χ1n) is 33.8. The first-order valence-corrected chi connectivity index (χ1v) is 33.8. The van der Waals surface area contributed by atoms with E-state index in [-0.39, 0.29) is 35.1 Å². The van der Waals surface area contributed by atoms with Crippen LogP contribution in [0.2, 0.25) is 0 Å². The quantitative estimate of drug-likeness (QED) is 0.141. The molecule has 6 heteroatoms. The molecular weight excluding hydrogens is 1130 g/mol. The van der Waals surface area contributed by atoms with E-state index in [2.05, 4.69) is 357 Å². The highest BCUT2D eigenvalue weighted by Gasteiger charge is 2.56. The third kappa shape index (κ3) is 9.03. The lowest BCUT2D eigenvalue weighted by molar-refractivity contribution is 0.590. The van der Waals surface area contributed by atoms with Crippen LogP contribution < -0.4 is 52.4 Å². The monoisotopic (exact) mass is 1210 g/mol. The van der Waals surface area contributed by atoms with Gasteiger partial charge in [-0.1, -0.05) is 241 Å². The van der Waals surface area contributed by atoms with Gasteiger partial charge < -0.3 is 19.6 Å². The summed E-state index contributed by atoms with van der Waals surface area (Å²) in [6, 6.07) is 98.1. The molecule has 0 saturated heterocycles. The van der Waals surface area contributed by atoms with Crippen LogP contribution in [0.5, 0.6) is 0 Å². The molecule has 0 radical (unpaired) electrons. The fourth-order valence-electron chi connectivity index (χ4n) is 16.0. The number of hydrogen-bond acceptors (Lipinski definition) is 4. The molecule has 0 bridgehead atoms. The molecule has 0 aliphatic carbocycles. The summed E-state index contributed by atoms with van der Waals surface area (Å²) in [6.07, 6.45) is 0. The summed E-state index contributed by atoms with van der Waals surface area (Å²) >= 11 is 0. The Morgan fingerprint density at radius 1 is 0.181 bits per heavy atom. The number of benzene rings is 12. The van der Waals surface area contributed by atoms with Gasteiger partial charge in [-0.3, -0.25) is 0 Å². The predicted molar refractivity (Wildman–Crippen MR) is 405 cm³/mol. The van der Waals surface area contributed by atoms with Gasteiger partial charge in [0.05, 0.1) is 0 Å². The van der Waals surface area contributed by atoms with Gasteiger partial charge in [-0.25, -0.2) is 0 Å². The third-order valence-corrected chi connectivity index (χ3v) is 21.1. The zero-order chi connectivity index (χ0) is 64.5. The molecule has 4 nitrogen and oxygen atoms in total. The zero-order valence-corrected chi connectivity index (χ0v) is 56.2. The third-order valence-electron chi connectivity index (χ3n) is 21.1. The van der Waals surface area contributed by atoms with Gasteiger partial charge in [0.1, 0.15) is 0 Å². The molecule has 0 saturated carbocycles. The summed E-state index contributed by atoms with van der Waals surface area (Å²) in [6.45, 7) is 27.3. The number of anilines is 12. The topological polar surface area (TPSA) is 13.0 Å². The first-order chi connectivity index (χ1) is 45.2. The molecule has 94 heavy (non-hydrogen) atoms. The lowest BCUT2D eigenvalue weighted by atomic mass is 9.18. The Kier molecular flexibility index (Phi) is 12.8. The van der Waals surface area contributed by atoms with E-state index in [0.717, 1.165) is 22.7 Å². The lowest BCUT2D eigenvalue weighted by Crippen LogP contribution is -2.81. The summed E-state index contributed by atoms with van der Waals surface area (Å²) in [5, 5.41) is 0. The Balaban J connectivity index is 0.889. The van der Waals surface area contributed by atoms with Crippen molar-refractivity contribution in [2.45, 2.75) is 105 Å². The SMILES string of the molecule is CC(C)(C)c1ccc(-c2ccc(N3c4cccc5c4B4c6c3ccc3c6B6c7c(cccc7N(c7ccc(-c8ccc(C(C)(C)C)cc8)cc7)c7ccc(c4c76)N5c4ccc(-c5ccc(C(C)(C)C)cc5)cc4)N3c3ccc(-c4ccc(C(C)(C)C)cc4)cc3)cc2)cc1. The van der Waals surface area contributed by atoms with Crippen molar-refractivity contribution in [1.82, 2.24) is 0 Å². The predicted octanol–water partition coefficient (Wildman–Crippen LogP) is 20.0. The van der Waals surface area contributed by atoms with Crippen LogP contribution in [0.25, 0.3) is 44.5 Å². The average Bonchev–Trinajstić information content (AvgIpc) is 0.657. The summed E-state index contributed by atoms with van der Waals surface area (Å²) in [5.41, 5.74) is 37.9. The van der Waals surface area contributed by atoms with Crippen molar-refractivity contribution < 1.29 is 0 Å². The van der Waals surface area contributed by atoms with Crippen LogP contribution in [0.3, 0.4) is 0 Å². The van der Waals surface area contributed by atoms with E-state index in [1.807, 2.05) is 0 Å². The van der Waals surface area contributed by atoms with E-state index in [1.54, 1.807) is 0 Å². The molecule has 0 amide bonds. The molecule has 5 aliphatic heterocycles. The maximum absolute atomic E-state index is 2.60. The van der Waals surface area contributed by atoms with Crippen molar-refractivity contribution >= 4 is 114 Å². The number of hydrogen-bond donors (Lipinski definition) is 0.